The maximum absolute atomic E-state index is 13.7. The number of hydrogen-bond acceptors (Lipinski definition) is 7. The molecule has 0 N–H and O–H groups in total. The van der Waals surface area contributed by atoms with Gasteiger partial charge in [-0.1, -0.05) is 11.6 Å². The Bertz CT molecular complexity index is 1200. The molecular formula is C22H22ClFN2O4S2. The van der Waals surface area contributed by atoms with E-state index in [0.717, 1.165) is 5.13 Å². The number of ether oxygens (including phenoxy) is 2. The van der Waals surface area contributed by atoms with Crippen molar-refractivity contribution in [3.05, 3.63) is 52.6 Å². The van der Waals surface area contributed by atoms with Crippen LogP contribution in [0.5, 0.6) is 11.5 Å². The molecule has 3 aromatic rings. The first-order chi connectivity index (χ1) is 15.3. The first-order valence-corrected chi connectivity index (χ1v) is 12.7. The van der Waals surface area contributed by atoms with Gasteiger partial charge >= 0.3 is 0 Å². The Hall–Kier alpha value is -2.36. The number of halogens is 2. The fourth-order valence-electron chi connectivity index (χ4n) is 3.79. The number of methoxy groups -OCH3 is 2. The van der Waals surface area contributed by atoms with Crippen LogP contribution in [0.3, 0.4) is 0 Å². The topological polar surface area (TPSA) is 68.7 Å². The highest BCUT2D eigenvalue weighted by Crippen LogP contribution is 2.35. The van der Waals surface area contributed by atoms with E-state index in [2.05, 4.69) is 9.88 Å². The van der Waals surface area contributed by atoms with E-state index in [-0.39, 0.29) is 4.90 Å². The Morgan fingerprint density at radius 2 is 1.81 bits per heavy atom. The SMILES string of the molecule is COc1ccc(S(=O)(=O)C2CCN(c3nc(-c4cc(F)cc(Cl)c4)cs3)CC2)cc1OC. The number of hydrogen-bond donors (Lipinski definition) is 0. The third-order valence-corrected chi connectivity index (χ3v) is 8.86. The van der Waals surface area contributed by atoms with E-state index in [1.807, 2.05) is 5.38 Å². The van der Waals surface area contributed by atoms with Gasteiger partial charge in [-0.05, 0) is 43.2 Å². The molecule has 2 aromatic carbocycles. The van der Waals surface area contributed by atoms with Crippen LogP contribution in [0.1, 0.15) is 12.8 Å². The van der Waals surface area contributed by atoms with Crippen LogP contribution in [-0.2, 0) is 9.84 Å². The van der Waals surface area contributed by atoms with Gasteiger partial charge < -0.3 is 14.4 Å². The Kier molecular flexibility index (Phi) is 6.60. The van der Waals surface area contributed by atoms with Gasteiger partial charge in [-0.15, -0.1) is 11.3 Å². The minimum atomic E-state index is -3.51. The molecule has 0 saturated carbocycles. The lowest BCUT2D eigenvalue weighted by Crippen LogP contribution is -2.39. The summed E-state index contributed by atoms with van der Waals surface area (Å²) in [5, 5.41) is 2.46. The fraction of sp³-hybridized carbons (Fsp3) is 0.318. The van der Waals surface area contributed by atoms with Crippen molar-refractivity contribution in [2.45, 2.75) is 23.0 Å². The number of sulfone groups is 1. The molecule has 1 fully saturated rings. The van der Waals surface area contributed by atoms with Gasteiger partial charge in [-0.2, -0.15) is 0 Å². The lowest BCUT2D eigenvalue weighted by Gasteiger charge is -2.31. The monoisotopic (exact) mass is 496 g/mol. The molecule has 6 nitrogen and oxygen atoms in total. The lowest BCUT2D eigenvalue weighted by molar-refractivity contribution is 0.354. The maximum Gasteiger partial charge on any atom is 0.185 e. The van der Waals surface area contributed by atoms with Crippen molar-refractivity contribution in [1.82, 2.24) is 4.98 Å². The second kappa shape index (κ2) is 9.25. The van der Waals surface area contributed by atoms with E-state index in [0.29, 0.717) is 53.7 Å². The zero-order chi connectivity index (χ0) is 22.9. The minimum Gasteiger partial charge on any atom is -0.493 e. The summed E-state index contributed by atoms with van der Waals surface area (Å²) in [5.41, 5.74) is 1.26. The number of thiazole rings is 1. The van der Waals surface area contributed by atoms with Crippen molar-refractivity contribution < 1.29 is 22.3 Å². The Morgan fingerprint density at radius 1 is 1.09 bits per heavy atom. The van der Waals surface area contributed by atoms with Crippen molar-refractivity contribution in [2.75, 3.05) is 32.2 Å². The van der Waals surface area contributed by atoms with Gasteiger partial charge in [-0.25, -0.2) is 17.8 Å². The summed E-state index contributed by atoms with van der Waals surface area (Å²) in [5.74, 6) is 0.461. The first kappa shape index (κ1) is 22.8. The third kappa shape index (κ3) is 4.55. The van der Waals surface area contributed by atoms with Gasteiger partial charge in [0.05, 0.1) is 30.1 Å². The van der Waals surface area contributed by atoms with Crippen molar-refractivity contribution >= 4 is 37.9 Å². The predicted octanol–water partition coefficient (Wildman–Crippen LogP) is 5.06. The molecule has 0 spiro atoms. The molecule has 32 heavy (non-hydrogen) atoms. The van der Waals surface area contributed by atoms with Crippen LogP contribution in [0.4, 0.5) is 9.52 Å². The molecule has 170 valence electrons. The van der Waals surface area contributed by atoms with Crippen molar-refractivity contribution in [1.29, 1.82) is 0 Å². The fourth-order valence-corrected chi connectivity index (χ4v) is 6.64. The molecule has 4 rings (SSSR count). The highest BCUT2D eigenvalue weighted by atomic mass is 35.5. The zero-order valence-electron chi connectivity index (χ0n) is 17.5. The van der Waals surface area contributed by atoms with E-state index in [1.54, 1.807) is 18.2 Å². The largest absolute Gasteiger partial charge is 0.493 e. The molecule has 0 amide bonds. The average molecular weight is 497 g/mol. The second-order valence-electron chi connectivity index (χ2n) is 7.42. The van der Waals surface area contributed by atoms with E-state index < -0.39 is 20.9 Å². The molecule has 1 aliphatic rings. The van der Waals surface area contributed by atoms with Gasteiger partial charge in [0.15, 0.2) is 26.5 Å². The van der Waals surface area contributed by atoms with E-state index in [1.165, 1.54) is 43.8 Å². The van der Waals surface area contributed by atoms with Gasteiger partial charge in [-0.3, -0.25) is 0 Å². The van der Waals surface area contributed by atoms with Crippen molar-refractivity contribution in [2.24, 2.45) is 0 Å². The molecule has 0 radical (unpaired) electrons. The molecule has 0 unspecified atom stereocenters. The van der Waals surface area contributed by atoms with Crippen molar-refractivity contribution in [3.8, 4) is 22.8 Å². The van der Waals surface area contributed by atoms with Gasteiger partial charge in [0.25, 0.3) is 0 Å². The number of benzene rings is 2. The Balaban J connectivity index is 1.47. The van der Waals surface area contributed by atoms with Crippen LogP contribution >= 0.6 is 22.9 Å². The van der Waals surface area contributed by atoms with Gasteiger partial charge in [0, 0.05) is 35.1 Å². The van der Waals surface area contributed by atoms with Crippen LogP contribution in [-0.4, -0.2) is 46.0 Å². The number of aromatic nitrogens is 1. The molecule has 10 heteroatoms. The molecule has 1 aromatic heterocycles. The Labute approximate surface area is 195 Å². The van der Waals surface area contributed by atoms with Crippen LogP contribution < -0.4 is 14.4 Å². The number of nitrogens with zero attached hydrogens (tertiary/aromatic N) is 2. The molecule has 2 heterocycles. The summed E-state index contributed by atoms with van der Waals surface area (Å²) in [6, 6.07) is 8.99. The van der Waals surface area contributed by atoms with Crippen LogP contribution in [0.2, 0.25) is 5.02 Å². The Morgan fingerprint density at radius 3 is 2.47 bits per heavy atom. The second-order valence-corrected chi connectivity index (χ2v) is 10.9. The normalized spacial score (nSPS) is 15.1. The van der Waals surface area contributed by atoms with Crippen LogP contribution in [0.25, 0.3) is 11.3 Å². The highest BCUT2D eigenvalue weighted by Gasteiger charge is 2.32. The summed E-state index contributed by atoms with van der Waals surface area (Å²) < 4.78 is 50.5. The standard InChI is InChI=1S/C22H22ClFN2O4S2/c1-29-20-4-3-18(12-21(20)30-2)32(27,28)17-5-7-26(8-6-17)22-25-19(13-31-22)14-9-15(23)11-16(24)10-14/h3-4,9-13,17H,5-8H2,1-2H3. The van der Waals surface area contributed by atoms with E-state index in [9.17, 15) is 12.8 Å². The summed E-state index contributed by atoms with van der Waals surface area (Å²) in [7, 11) is -0.521. The average Bonchev–Trinajstić information content (AvgIpc) is 3.28. The molecule has 0 atom stereocenters. The molecule has 0 aliphatic carbocycles. The smallest absolute Gasteiger partial charge is 0.185 e. The zero-order valence-corrected chi connectivity index (χ0v) is 19.9. The lowest BCUT2D eigenvalue weighted by atomic mass is 10.1. The highest BCUT2D eigenvalue weighted by molar-refractivity contribution is 7.92. The molecular weight excluding hydrogens is 475 g/mol. The van der Waals surface area contributed by atoms with Gasteiger partial charge in [0.2, 0.25) is 0 Å². The van der Waals surface area contributed by atoms with Gasteiger partial charge in [0.1, 0.15) is 5.82 Å². The maximum atomic E-state index is 13.7. The minimum absolute atomic E-state index is 0.230. The van der Waals surface area contributed by atoms with E-state index in [4.69, 9.17) is 21.1 Å². The molecule has 1 aliphatic heterocycles. The van der Waals surface area contributed by atoms with Crippen LogP contribution in [0, 0.1) is 5.82 Å². The summed E-state index contributed by atoms with van der Waals surface area (Å²) in [6.07, 6.45) is 0.967. The molecule has 0 bridgehead atoms. The van der Waals surface area contributed by atoms with Crippen LogP contribution in [0.15, 0.2) is 46.7 Å². The predicted molar refractivity (Wildman–Crippen MR) is 124 cm³/mol. The number of rotatable bonds is 6. The summed E-state index contributed by atoms with van der Waals surface area (Å²) >= 11 is 7.40. The number of anilines is 1. The van der Waals surface area contributed by atoms with Crippen molar-refractivity contribution in [3.63, 3.8) is 0 Å². The molecule has 1 saturated heterocycles. The summed E-state index contributed by atoms with van der Waals surface area (Å²) in [4.78, 5) is 6.91. The first-order valence-electron chi connectivity index (χ1n) is 9.94. The number of piperidine rings is 1. The van der Waals surface area contributed by atoms with E-state index >= 15 is 0 Å². The third-order valence-electron chi connectivity index (χ3n) is 5.49. The summed E-state index contributed by atoms with van der Waals surface area (Å²) in [6.45, 7) is 1.13. The quantitative estimate of drug-likeness (QED) is 0.475.